The summed E-state index contributed by atoms with van der Waals surface area (Å²) in [5, 5.41) is 11.2. The highest BCUT2D eigenvalue weighted by atomic mass is 79.9. The molecule has 0 aliphatic rings. The van der Waals surface area contributed by atoms with Crippen molar-refractivity contribution in [2.75, 3.05) is 0 Å². The van der Waals surface area contributed by atoms with Crippen LogP contribution in [0.3, 0.4) is 0 Å². The Balaban J connectivity index is 3.07. The van der Waals surface area contributed by atoms with Crippen molar-refractivity contribution in [2.24, 2.45) is 10.9 Å². The summed E-state index contributed by atoms with van der Waals surface area (Å²) in [5.41, 5.74) is 5.32. The first kappa shape index (κ1) is 17.5. The molecule has 0 radical (unpaired) electrons. The quantitative estimate of drug-likeness (QED) is 0.303. The van der Waals surface area contributed by atoms with Crippen LogP contribution in [0.2, 0.25) is 10.0 Å². The third kappa shape index (κ3) is 4.49. The van der Waals surface area contributed by atoms with Gasteiger partial charge in [-0.3, -0.25) is 0 Å². The molecule has 1 unspecified atom stereocenters. The van der Waals surface area contributed by atoms with Gasteiger partial charge in [-0.2, -0.15) is 0 Å². The van der Waals surface area contributed by atoms with Crippen LogP contribution in [-0.2, 0) is 10.0 Å². The van der Waals surface area contributed by atoms with Gasteiger partial charge in [0.2, 0.25) is 10.0 Å². The molecule has 0 bridgehead atoms. The smallest absolute Gasteiger partial charge is 0.243 e. The van der Waals surface area contributed by atoms with Crippen molar-refractivity contribution >= 4 is 55.0 Å². The van der Waals surface area contributed by atoms with E-state index in [-0.39, 0.29) is 27.2 Å². The number of hydrogen-bond donors (Lipinski definition) is 3. The van der Waals surface area contributed by atoms with Crippen molar-refractivity contribution in [1.29, 1.82) is 0 Å². The zero-order chi connectivity index (χ0) is 15.5. The van der Waals surface area contributed by atoms with Crippen LogP contribution in [0.25, 0.3) is 0 Å². The Kier molecular flexibility index (Phi) is 6.08. The molecule has 0 amide bonds. The van der Waals surface area contributed by atoms with Crippen molar-refractivity contribution in [3.63, 3.8) is 0 Å². The largest absolute Gasteiger partial charge is 0.409 e. The summed E-state index contributed by atoms with van der Waals surface area (Å²) in [6.07, 6.45) is 0.0432. The summed E-state index contributed by atoms with van der Waals surface area (Å²) < 4.78 is 27.4. The van der Waals surface area contributed by atoms with Gasteiger partial charge in [0, 0.05) is 16.9 Å². The minimum atomic E-state index is -3.92. The lowest BCUT2D eigenvalue weighted by Crippen LogP contribution is -2.36. The molecule has 0 spiro atoms. The monoisotopic (exact) mass is 403 g/mol. The van der Waals surface area contributed by atoms with E-state index in [1.54, 1.807) is 6.92 Å². The Morgan fingerprint density at radius 2 is 2.00 bits per heavy atom. The summed E-state index contributed by atoms with van der Waals surface area (Å²) in [4.78, 5) is -0.213. The van der Waals surface area contributed by atoms with Gasteiger partial charge in [0.1, 0.15) is 10.7 Å². The van der Waals surface area contributed by atoms with Crippen molar-refractivity contribution < 1.29 is 13.6 Å². The molecule has 0 aliphatic carbocycles. The number of sulfonamides is 1. The highest BCUT2D eigenvalue weighted by Gasteiger charge is 2.24. The molecule has 0 saturated heterocycles. The second-order valence-electron chi connectivity index (χ2n) is 4.02. The first-order valence-corrected chi connectivity index (χ1v) is 8.34. The summed E-state index contributed by atoms with van der Waals surface area (Å²) in [5.74, 6) is -0.0896. The highest BCUT2D eigenvalue weighted by molar-refractivity contribution is 9.10. The number of rotatable bonds is 5. The molecule has 20 heavy (non-hydrogen) atoms. The first-order valence-electron chi connectivity index (χ1n) is 5.30. The van der Waals surface area contributed by atoms with E-state index < -0.39 is 16.1 Å². The zero-order valence-electron chi connectivity index (χ0n) is 10.3. The standard InChI is InChI=1S/C10H12BrCl2N3O3S/c1-5(2-9(14)15-17)16-20(18,19)10-7(12)3-6(11)4-8(10)13/h3-5,16-17H,2H2,1H3,(H2,14,15). The Labute approximate surface area is 135 Å². The highest BCUT2D eigenvalue weighted by Crippen LogP contribution is 2.32. The average Bonchev–Trinajstić information content (AvgIpc) is 2.25. The minimum absolute atomic E-state index is 0.00660. The second kappa shape index (κ2) is 6.95. The van der Waals surface area contributed by atoms with E-state index in [1.165, 1.54) is 12.1 Å². The molecule has 0 aliphatic heterocycles. The number of nitrogens with one attached hydrogen (secondary N) is 1. The van der Waals surface area contributed by atoms with E-state index >= 15 is 0 Å². The van der Waals surface area contributed by atoms with E-state index in [0.29, 0.717) is 4.47 Å². The fraction of sp³-hybridized carbons (Fsp3) is 0.300. The van der Waals surface area contributed by atoms with Crippen LogP contribution in [0.5, 0.6) is 0 Å². The number of nitrogens with two attached hydrogens (primary N) is 1. The Morgan fingerprint density at radius 1 is 1.50 bits per heavy atom. The lowest BCUT2D eigenvalue weighted by atomic mass is 10.2. The van der Waals surface area contributed by atoms with Crippen LogP contribution < -0.4 is 10.5 Å². The van der Waals surface area contributed by atoms with E-state index in [1.807, 2.05) is 0 Å². The van der Waals surface area contributed by atoms with Crippen molar-refractivity contribution in [1.82, 2.24) is 4.72 Å². The average molecular weight is 405 g/mol. The van der Waals surface area contributed by atoms with E-state index in [4.69, 9.17) is 34.1 Å². The van der Waals surface area contributed by atoms with Crippen LogP contribution >= 0.6 is 39.1 Å². The predicted molar refractivity (Wildman–Crippen MR) is 82.0 cm³/mol. The Bertz CT molecular complexity index is 614. The molecule has 112 valence electrons. The maximum atomic E-state index is 12.2. The van der Waals surface area contributed by atoms with Crippen molar-refractivity contribution in [3.8, 4) is 0 Å². The summed E-state index contributed by atoms with van der Waals surface area (Å²) >= 11 is 15.0. The van der Waals surface area contributed by atoms with Crippen LogP contribution in [0.15, 0.2) is 26.7 Å². The van der Waals surface area contributed by atoms with E-state index in [0.717, 1.165) is 0 Å². The summed E-state index contributed by atoms with van der Waals surface area (Å²) in [7, 11) is -3.92. The lowest BCUT2D eigenvalue weighted by molar-refractivity contribution is 0.316. The summed E-state index contributed by atoms with van der Waals surface area (Å²) in [6, 6.07) is 2.26. The fourth-order valence-corrected chi connectivity index (χ4v) is 4.69. The number of oxime groups is 1. The maximum absolute atomic E-state index is 12.2. The third-order valence-corrected chi connectivity index (χ3v) is 5.20. The molecule has 4 N–H and O–H groups in total. The van der Waals surface area contributed by atoms with Gasteiger partial charge in [0.15, 0.2) is 0 Å². The first-order chi connectivity index (χ1) is 9.17. The molecule has 1 aromatic rings. The molecule has 0 heterocycles. The molecule has 6 nitrogen and oxygen atoms in total. The normalized spacial score (nSPS) is 14.3. The van der Waals surface area contributed by atoms with Crippen molar-refractivity contribution in [2.45, 2.75) is 24.3 Å². The van der Waals surface area contributed by atoms with Gasteiger partial charge in [0.05, 0.1) is 10.0 Å². The van der Waals surface area contributed by atoms with Crippen molar-refractivity contribution in [3.05, 3.63) is 26.7 Å². The van der Waals surface area contributed by atoms with Gasteiger partial charge in [-0.25, -0.2) is 13.1 Å². The van der Waals surface area contributed by atoms with Gasteiger partial charge in [-0.15, -0.1) is 0 Å². The minimum Gasteiger partial charge on any atom is -0.409 e. The molecule has 1 atom stereocenters. The number of benzene rings is 1. The molecule has 10 heteroatoms. The van der Waals surface area contributed by atoms with E-state index in [9.17, 15) is 8.42 Å². The second-order valence-corrected chi connectivity index (χ2v) is 7.40. The number of halogens is 3. The van der Waals surface area contributed by atoms with E-state index in [2.05, 4.69) is 25.8 Å². The van der Waals surface area contributed by atoms with Gasteiger partial charge < -0.3 is 10.9 Å². The number of nitrogens with zero attached hydrogens (tertiary/aromatic N) is 1. The number of hydrogen-bond acceptors (Lipinski definition) is 4. The maximum Gasteiger partial charge on any atom is 0.243 e. The van der Waals surface area contributed by atoms with Crippen LogP contribution in [0.4, 0.5) is 0 Å². The molecule has 0 aromatic heterocycles. The predicted octanol–water partition coefficient (Wildman–Crippen LogP) is 2.56. The fourth-order valence-electron chi connectivity index (χ4n) is 1.51. The van der Waals surface area contributed by atoms with Gasteiger partial charge in [-0.05, 0) is 19.1 Å². The van der Waals surface area contributed by atoms with Crippen LogP contribution in [-0.4, -0.2) is 25.5 Å². The molecular formula is C10H12BrCl2N3O3S. The molecule has 1 aromatic carbocycles. The third-order valence-electron chi connectivity index (χ3n) is 2.23. The summed E-state index contributed by atoms with van der Waals surface area (Å²) in [6.45, 7) is 1.57. The molecule has 0 saturated carbocycles. The molecule has 1 rings (SSSR count). The lowest BCUT2D eigenvalue weighted by Gasteiger charge is -2.15. The zero-order valence-corrected chi connectivity index (χ0v) is 14.2. The van der Waals surface area contributed by atoms with Crippen LogP contribution in [0.1, 0.15) is 13.3 Å². The number of amidine groups is 1. The van der Waals surface area contributed by atoms with Gasteiger partial charge in [-0.1, -0.05) is 44.3 Å². The van der Waals surface area contributed by atoms with Gasteiger partial charge >= 0.3 is 0 Å². The van der Waals surface area contributed by atoms with Crippen LogP contribution in [0, 0.1) is 0 Å². The topological polar surface area (TPSA) is 105 Å². The SMILES string of the molecule is CC(CC(N)=NO)NS(=O)(=O)c1c(Cl)cc(Br)cc1Cl. The van der Waals surface area contributed by atoms with Gasteiger partial charge in [0.25, 0.3) is 0 Å². The Hall–Kier alpha value is -0.540. The molecule has 0 fully saturated rings. The molecular weight excluding hydrogens is 393 g/mol. The Morgan fingerprint density at radius 3 is 2.45 bits per heavy atom.